The zero-order chi connectivity index (χ0) is 13.8. The van der Waals surface area contributed by atoms with E-state index in [1.54, 1.807) is 11.8 Å². The Labute approximate surface area is 118 Å². The molecule has 19 heavy (non-hydrogen) atoms. The highest BCUT2D eigenvalue weighted by molar-refractivity contribution is 7.99. The average molecular weight is 276 g/mol. The minimum atomic E-state index is 0.114. The highest BCUT2D eigenvalue weighted by Crippen LogP contribution is 2.37. The smallest absolute Gasteiger partial charge is 0.0945 e. The molecule has 0 saturated carbocycles. The van der Waals surface area contributed by atoms with E-state index < -0.39 is 0 Å². The zero-order valence-corrected chi connectivity index (χ0v) is 12.4. The van der Waals surface area contributed by atoms with Crippen LogP contribution in [-0.2, 0) is 7.05 Å². The minimum Gasteiger partial charge on any atom is -0.326 e. The van der Waals surface area contributed by atoms with Gasteiger partial charge in [0.05, 0.1) is 16.0 Å². The highest BCUT2D eigenvalue weighted by atomic mass is 32.2. The SMILES string of the molecule is CCC(N)C(Sc1cc(C)nn1C)c1ccncc1. The van der Waals surface area contributed by atoms with E-state index in [1.165, 1.54) is 5.56 Å². The van der Waals surface area contributed by atoms with Gasteiger partial charge < -0.3 is 5.73 Å². The van der Waals surface area contributed by atoms with Gasteiger partial charge in [-0.2, -0.15) is 5.10 Å². The van der Waals surface area contributed by atoms with E-state index in [-0.39, 0.29) is 11.3 Å². The molecule has 2 aromatic rings. The van der Waals surface area contributed by atoms with Gasteiger partial charge in [0.25, 0.3) is 0 Å². The summed E-state index contributed by atoms with van der Waals surface area (Å²) in [6, 6.07) is 6.29. The second kappa shape index (κ2) is 6.21. The van der Waals surface area contributed by atoms with Gasteiger partial charge in [-0.1, -0.05) is 18.7 Å². The van der Waals surface area contributed by atoms with E-state index in [0.29, 0.717) is 0 Å². The largest absolute Gasteiger partial charge is 0.326 e. The van der Waals surface area contributed by atoms with Crippen molar-refractivity contribution in [1.82, 2.24) is 14.8 Å². The van der Waals surface area contributed by atoms with Crippen LogP contribution < -0.4 is 5.73 Å². The van der Waals surface area contributed by atoms with Crippen molar-refractivity contribution in [3.8, 4) is 0 Å². The summed E-state index contributed by atoms with van der Waals surface area (Å²) in [6.07, 6.45) is 4.58. The molecule has 0 spiro atoms. The van der Waals surface area contributed by atoms with Crippen LogP contribution in [0.15, 0.2) is 35.6 Å². The molecule has 2 atom stereocenters. The topological polar surface area (TPSA) is 56.7 Å². The second-order valence-electron chi connectivity index (χ2n) is 4.64. The Morgan fingerprint density at radius 2 is 2.05 bits per heavy atom. The number of hydrogen-bond acceptors (Lipinski definition) is 4. The summed E-state index contributed by atoms with van der Waals surface area (Å²) in [7, 11) is 1.97. The Morgan fingerprint density at radius 3 is 2.58 bits per heavy atom. The van der Waals surface area contributed by atoms with E-state index in [9.17, 15) is 0 Å². The molecule has 0 fully saturated rings. The van der Waals surface area contributed by atoms with Crippen LogP contribution in [0.5, 0.6) is 0 Å². The van der Waals surface area contributed by atoms with Crippen molar-refractivity contribution in [3.05, 3.63) is 41.9 Å². The molecule has 0 aromatic carbocycles. The van der Waals surface area contributed by atoms with E-state index in [2.05, 4.69) is 23.1 Å². The first-order valence-corrected chi connectivity index (χ1v) is 7.32. The summed E-state index contributed by atoms with van der Waals surface area (Å²) in [5, 5.41) is 5.75. The minimum absolute atomic E-state index is 0.114. The van der Waals surface area contributed by atoms with Crippen molar-refractivity contribution in [3.63, 3.8) is 0 Å². The molecule has 102 valence electrons. The molecule has 0 aliphatic heterocycles. The molecule has 2 aromatic heterocycles. The molecule has 0 aliphatic carbocycles. The Kier molecular flexibility index (Phi) is 4.61. The molecule has 0 aliphatic rings. The average Bonchev–Trinajstić information content (AvgIpc) is 2.74. The van der Waals surface area contributed by atoms with E-state index >= 15 is 0 Å². The summed E-state index contributed by atoms with van der Waals surface area (Å²) in [5.74, 6) is 0. The molecule has 4 nitrogen and oxygen atoms in total. The lowest BCUT2D eigenvalue weighted by atomic mass is 10.1. The standard InChI is InChI=1S/C14H20N4S/c1-4-12(15)14(11-5-7-16-8-6-11)19-13-9-10(2)17-18(13)3/h5-9,12,14H,4,15H2,1-3H3. The van der Waals surface area contributed by atoms with Gasteiger partial charge in [0, 0.05) is 25.5 Å². The molecule has 2 heterocycles. The molecule has 5 heteroatoms. The predicted octanol–water partition coefficient (Wildman–Crippen LogP) is 2.69. The van der Waals surface area contributed by atoms with Crippen molar-refractivity contribution in [2.75, 3.05) is 0 Å². The second-order valence-corrected chi connectivity index (χ2v) is 5.80. The normalized spacial score (nSPS) is 14.3. The van der Waals surface area contributed by atoms with Gasteiger partial charge in [-0.3, -0.25) is 9.67 Å². The lowest BCUT2D eigenvalue weighted by molar-refractivity contribution is 0.628. The van der Waals surface area contributed by atoms with Gasteiger partial charge in [-0.25, -0.2) is 0 Å². The van der Waals surface area contributed by atoms with Crippen LogP contribution in [0.4, 0.5) is 0 Å². The van der Waals surface area contributed by atoms with Crippen LogP contribution in [-0.4, -0.2) is 20.8 Å². The van der Waals surface area contributed by atoms with E-state index in [0.717, 1.165) is 17.1 Å². The number of nitrogens with two attached hydrogens (primary N) is 1. The maximum atomic E-state index is 6.28. The summed E-state index contributed by atoms with van der Waals surface area (Å²) in [4.78, 5) is 4.07. The Balaban J connectivity index is 2.27. The van der Waals surface area contributed by atoms with Gasteiger partial charge >= 0.3 is 0 Å². The third-order valence-corrected chi connectivity index (χ3v) is 4.60. The summed E-state index contributed by atoms with van der Waals surface area (Å²) >= 11 is 1.77. The number of aromatic nitrogens is 3. The molecule has 2 rings (SSSR count). The van der Waals surface area contributed by atoms with Gasteiger partial charge in [0.15, 0.2) is 0 Å². The number of nitrogens with zero attached hydrogens (tertiary/aromatic N) is 3. The molecular formula is C14H20N4S. The maximum absolute atomic E-state index is 6.28. The number of thioether (sulfide) groups is 1. The van der Waals surface area contributed by atoms with Gasteiger partial charge in [0.2, 0.25) is 0 Å². The first-order chi connectivity index (χ1) is 9.11. The lowest BCUT2D eigenvalue weighted by Gasteiger charge is -2.22. The van der Waals surface area contributed by atoms with Crippen molar-refractivity contribution in [2.24, 2.45) is 12.8 Å². The summed E-state index contributed by atoms with van der Waals surface area (Å²) in [5.41, 5.74) is 8.53. The molecule has 2 N–H and O–H groups in total. The van der Waals surface area contributed by atoms with E-state index in [4.69, 9.17) is 5.73 Å². The number of aryl methyl sites for hydroxylation is 2. The van der Waals surface area contributed by atoms with Gasteiger partial charge in [-0.05, 0) is 37.1 Å². The predicted molar refractivity (Wildman–Crippen MR) is 79.0 cm³/mol. The molecule has 0 bridgehead atoms. The monoisotopic (exact) mass is 276 g/mol. The Bertz CT molecular complexity index is 523. The Hall–Kier alpha value is -1.33. The lowest BCUT2D eigenvalue weighted by Crippen LogP contribution is -2.25. The van der Waals surface area contributed by atoms with Crippen LogP contribution in [0.25, 0.3) is 0 Å². The van der Waals surface area contributed by atoms with Crippen LogP contribution in [0.3, 0.4) is 0 Å². The van der Waals surface area contributed by atoms with Crippen LogP contribution in [0.1, 0.15) is 29.9 Å². The third-order valence-electron chi connectivity index (χ3n) is 3.10. The zero-order valence-electron chi connectivity index (χ0n) is 11.6. The fourth-order valence-electron chi connectivity index (χ4n) is 2.00. The van der Waals surface area contributed by atoms with Crippen molar-refractivity contribution >= 4 is 11.8 Å². The van der Waals surface area contributed by atoms with Gasteiger partial charge in [-0.15, -0.1) is 0 Å². The van der Waals surface area contributed by atoms with Crippen LogP contribution in [0.2, 0.25) is 0 Å². The molecular weight excluding hydrogens is 256 g/mol. The first-order valence-electron chi connectivity index (χ1n) is 6.44. The molecule has 0 amide bonds. The van der Waals surface area contributed by atoms with Gasteiger partial charge in [0.1, 0.15) is 0 Å². The fourth-order valence-corrected chi connectivity index (χ4v) is 3.35. The summed E-state index contributed by atoms with van der Waals surface area (Å²) < 4.78 is 1.91. The van der Waals surface area contributed by atoms with Crippen molar-refractivity contribution in [1.29, 1.82) is 0 Å². The Morgan fingerprint density at radius 1 is 1.37 bits per heavy atom. The van der Waals surface area contributed by atoms with Crippen LogP contribution in [0, 0.1) is 6.92 Å². The fraction of sp³-hybridized carbons (Fsp3) is 0.429. The number of hydrogen-bond donors (Lipinski definition) is 1. The highest BCUT2D eigenvalue weighted by Gasteiger charge is 2.21. The van der Waals surface area contributed by atoms with Crippen LogP contribution >= 0.6 is 11.8 Å². The van der Waals surface area contributed by atoms with Crippen molar-refractivity contribution < 1.29 is 0 Å². The number of pyridine rings is 1. The van der Waals surface area contributed by atoms with E-state index in [1.807, 2.05) is 43.2 Å². The van der Waals surface area contributed by atoms with Crippen molar-refractivity contribution in [2.45, 2.75) is 36.6 Å². The molecule has 2 unspecified atom stereocenters. The number of rotatable bonds is 5. The molecule has 0 saturated heterocycles. The molecule has 0 radical (unpaired) electrons. The summed E-state index contributed by atoms with van der Waals surface area (Å²) in [6.45, 7) is 4.12. The first kappa shape index (κ1) is 14.1. The quantitative estimate of drug-likeness (QED) is 0.853. The third kappa shape index (κ3) is 3.36. The maximum Gasteiger partial charge on any atom is 0.0945 e.